The van der Waals surface area contributed by atoms with Gasteiger partial charge in [-0.25, -0.2) is 14.5 Å². The first-order chi connectivity index (χ1) is 10.9. The van der Waals surface area contributed by atoms with E-state index in [1.54, 1.807) is 4.90 Å². The van der Waals surface area contributed by atoms with Gasteiger partial charge in [0, 0.05) is 19.6 Å². The summed E-state index contributed by atoms with van der Waals surface area (Å²) in [7, 11) is 0. The molecule has 0 radical (unpaired) electrons. The lowest BCUT2D eigenvalue weighted by atomic mass is 9.83. The minimum absolute atomic E-state index is 0.335. The number of nitrogens with one attached hydrogen (secondary N) is 1. The number of carboxylic acids is 1. The molecule has 128 valence electrons. The third-order valence-corrected chi connectivity index (χ3v) is 4.34. The van der Waals surface area contributed by atoms with Gasteiger partial charge in [0.25, 0.3) is 0 Å². The molecule has 2 saturated heterocycles. The Balaban J connectivity index is 1.93. The lowest BCUT2D eigenvalue weighted by Gasteiger charge is -2.45. The molecule has 2 heterocycles. The average Bonchev–Trinajstić information content (AvgIpc) is 2.51. The predicted molar refractivity (Wildman–Crippen MR) is 83.1 cm³/mol. The molecule has 0 aromatic heterocycles. The van der Waals surface area contributed by atoms with Crippen molar-refractivity contribution in [3.63, 3.8) is 0 Å². The van der Waals surface area contributed by atoms with Gasteiger partial charge in [-0.05, 0) is 32.1 Å². The molecule has 0 aromatic carbocycles. The molecule has 2 fully saturated rings. The summed E-state index contributed by atoms with van der Waals surface area (Å²) in [5, 5.41) is 12.2. The molecule has 8 nitrogen and oxygen atoms in total. The Hall–Kier alpha value is -2.25. The number of piperidine rings is 1. The van der Waals surface area contributed by atoms with Crippen LogP contribution in [0.25, 0.3) is 0 Å². The second kappa shape index (κ2) is 7.34. The summed E-state index contributed by atoms with van der Waals surface area (Å²) in [6.07, 6.45) is 3.83. The largest absolute Gasteiger partial charge is 0.480 e. The van der Waals surface area contributed by atoms with E-state index in [4.69, 9.17) is 5.73 Å². The number of carboxylic acid groups (broad SMARTS) is 1. The highest BCUT2D eigenvalue weighted by Crippen LogP contribution is 2.32. The highest BCUT2D eigenvalue weighted by atomic mass is 16.4. The molecule has 0 spiro atoms. The number of hydrogen-bond donors (Lipinski definition) is 3. The molecular formula is C15H24N4O4. The molecule has 8 heteroatoms. The number of urea groups is 1. The van der Waals surface area contributed by atoms with Crippen LogP contribution in [0.4, 0.5) is 4.79 Å². The number of carbonyl (C=O) groups is 3. The summed E-state index contributed by atoms with van der Waals surface area (Å²) in [6, 6.07) is -1.52. The van der Waals surface area contributed by atoms with Crippen molar-refractivity contribution in [3.05, 3.63) is 12.4 Å². The maximum absolute atomic E-state index is 12.4. The SMILES string of the molecule is C=C(N)NCCCC1C(=O)N(C(=O)N2CCCCC2)C1C(=O)O. The van der Waals surface area contributed by atoms with Gasteiger partial charge in [-0.1, -0.05) is 6.58 Å². The first-order valence-electron chi connectivity index (χ1n) is 7.96. The van der Waals surface area contributed by atoms with Gasteiger partial charge in [-0.15, -0.1) is 0 Å². The minimum atomic E-state index is -1.13. The van der Waals surface area contributed by atoms with Crippen LogP contribution in [0.2, 0.25) is 0 Å². The zero-order valence-corrected chi connectivity index (χ0v) is 13.2. The number of amides is 3. The van der Waals surface area contributed by atoms with E-state index in [0.717, 1.165) is 24.2 Å². The predicted octanol–water partition coefficient (Wildman–Crippen LogP) is 0.304. The molecular weight excluding hydrogens is 300 g/mol. The quantitative estimate of drug-likeness (QED) is 0.478. The van der Waals surface area contributed by atoms with Crippen molar-refractivity contribution in [2.75, 3.05) is 19.6 Å². The van der Waals surface area contributed by atoms with Crippen molar-refractivity contribution in [2.24, 2.45) is 11.7 Å². The van der Waals surface area contributed by atoms with E-state index in [9.17, 15) is 19.5 Å². The van der Waals surface area contributed by atoms with Crippen LogP contribution < -0.4 is 11.1 Å². The number of nitrogens with zero attached hydrogens (tertiary/aromatic N) is 2. The van der Waals surface area contributed by atoms with Crippen LogP contribution in [0, 0.1) is 5.92 Å². The lowest BCUT2D eigenvalue weighted by molar-refractivity contribution is -0.167. The standard InChI is InChI=1S/C15H24N4O4/c1-10(16)17-7-5-6-11-12(14(21)22)19(13(11)20)15(23)18-8-3-2-4-9-18/h11-12,17H,1-9,16H2,(H,21,22). The Morgan fingerprint density at radius 1 is 1.30 bits per heavy atom. The number of carbonyl (C=O) groups excluding carboxylic acids is 2. The van der Waals surface area contributed by atoms with Crippen LogP contribution in [-0.4, -0.2) is 58.5 Å². The highest BCUT2D eigenvalue weighted by molar-refractivity contribution is 6.07. The molecule has 0 aromatic rings. The van der Waals surface area contributed by atoms with Gasteiger partial charge < -0.3 is 21.1 Å². The van der Waals surface area contributed by atoms with Crippen molar-refractivity contribution in [2.45, 2.75) is 38.1 Å². The van der Waals surface area contributed by atoms with Gasteiger partial charge in [-0.3, -0.25) is 4.79 Å². The molecule has 2 aliphatic heterocycles. The molecule has 4 N–H and O–H groups in total. The van der Waals surface area contributed by atoms with Gasteiger partial charge in [0.2, 0.25) is 5.91 Å². The van der Waals surface area contributed by atoms with Gasteiger partial charge in [0.15, 0.2) is 6.04 Å². The number of aliphatic carboxylic acids is 1. The van der Waals surface area contributed by atoms with Crippen LogP contribution in [0.1, 0.15) is 32.1 Å². The minimum Gasteiger partial charge on any atom is -0.480 e. The van der Waals surface area contributed by atoms with E-state index in [1.807, 2.05) is 0 Å². The topological polar surface area (TPSA) is 116 Å². The molecule has 0 aliphatic carbocycles. The fourth-order valence-electron chi connectivity index (χ4n) is 3.13. The molecule has 3 amide bonds. The number of rotatable bonds is 6. The number of β-lactam (4-membered cyclic amide) rings is 1. The first-order valence-corrected chi connectivity index (χ1v) is 7.96. The van der Waals surface area contributed by atoms with Crippen molar-refractivity contribution in [3.8, 4) is 0 Å². The van der Waals surface area contributed by atoms with Crippen LogP contribution in [0.3, 0.4) is 0 Å². The maximum Gasteiger partial charge on any atom is 0.327 e. The molecule has 2 unspecified atom stereocenters. The second-order valence-electron chi connectivity index (χ2n) is 6.02. The van der Waals surface area contributed by atoms with Crippen LogP contribution in [-0.2, 0) is 9.59 Å². The van der Waals surface area contributed by atoms with Crippen molar-refractivity contribution in [1.82, 2.24) is 15.1 Å². The molecule has 2 aliphatic rings. The summed E-state index contributed by atoms with van der Waals surface area (Å²) in [5.74, 6) is -1.83. The summed E-state index contributed by atoms with van der Waals surface area (Å²) in [5.41, 5.74) is 5.38. The zero-order chi connectivity index (χ0) is 17.0. The molecule has 2 atom stereocenters. The second-order valence-corrected chi connectivity index (χ2v) is 6.02. The van der Waals surface area contributed by atoms with Gasteiger partial charge >= 0.3 is 12.0 Å². The number of likely N-dealkylation sites (tertiary alicyclic amines) is 2. The molecule has 23 heavy (non-hydrogen) atoms. The lowest BCUT2D eigenvalue weighted by Crippen LogP contribution is -2.68. The average molecular weight is 324 g/mol. The third-order valence-electron chi connectivity index (χ3n) is 4.34. The van der Waals surface area contributed by atoms with E-state index in [0.29, 0.717) is 38.3 Å². The van der Waals surface area contributed by atoms with E-state index in [-0.39, 0.29) is 5.91 Å². The fraction of sp³-hybridized carbons (Fsp3) is 0.667. The number of nitrogens with two attached hydrogens (primary N) is 1. The Morgan fingerprint density at radius 3 is 2.52 bits per heavy atom. The Bertz CT molecular complexity index is 502. The van der Waals surface area contributed by atoms with Crippen LogP contribution in [0.15, 0.2) is 12.4 Å². The van der Waals surface area contributed by atoms with Crippen molar-refractivity contribution >= 4 is 17.9 Å². The summed E-state index contributed by atoms with van der Waals surface area (Å²) in [6.45, 7) is 5.19. The van der Waals surface area contributed by atoms with Gasteiger partial charge in [-0.2, -0.15) is 0 Å². The van der Waals surface area contributed by atoms with Crippen molar-refractivity contribution in [1.29, 1.82) is 0 Å². The monoisotopic (exact) mass is 324 g/mol. The van der Waals surface area contributed by atoms with E-state index in [1.165, 1.54) is 0 Å². The fourth-order valence-corrected chi connectivity index (χ4v) is 3.13. The highest BCUT2D eigenvalue weighted by Gasteiger charge is 2.55. The molecule has 2 rings (SSSR count). The Kier molecular flexibility index (Phi) is 5.46. The van der Waals surface area contributed by atoms with E-state index in [2.05, 4.69) is 11.9 Å². The first kappa shape index (κ1) is 17.1. The van der Waals surface area contributed by atoms with E-state index < -0.39 is 24.0 Å². The van der Waals surface area contributed by atoms with Gasteiger partial charge in [0.1, 0.15) is 0 Å². The number of imide groups is 1. The Labute approximate surface area is 135 Å². The summed E-state index contributed by atoms with van der Waals surface area (Å²) >= 11 is 0. The Morgan fingerprint density at radius 2 is 1.96 bits per heavy atom. The normalized spacial score (nSPS) is 24.1. The molecule has 0 bridgehead atoms. The van der Waals surface area contributed by atoms with Gasteiger partial charge in [0.05, 0.1) is 11.7 Å². The third kappa shape index (κ3) is 3.75. The molecule has 0 saturated carbocycles. The smallest absolute Gasteiger partial charge is 0.327 e. The summed E-state index contributed by atoms with van der Waals surface area (Å²) < 4.78 is 0. The zero-order valence-electron chi connectivity index (χ0n) is 13.2. The summed E-state index contributed by atoms with van der Waals surface area (Å²) in [4.78, 5) is 38.6. The van der Waals surface area contributed by atoms with E-state index >= 15 is 0 Å². The van der Waals surface area contributed by atoms with Crippen LogP contribution in [0.5, 0.6) is 0 Å². The van der Waals surface area contributed by atoms with Crippen molar-refractivity contribution < 1.29 is 19.5 Å². The number of hydrogen-bond acceptors (Lipinski definition) is 5. The van der Waals surface area contributed by atoms with Crippen LogP contribution >= 0.6 is 0 Å². The maximum atomic E-state index is 12.4.